The van der Waals surface area contributed by atoms with E-state index in [1.807, 2.05) is 30.3 Å². The summed E-state index contributed by atoms with van der Waals surface area (Å²) in [6.07, 6.45) is 1.05. The number of hydrogen-bond acceptors (Lipinski definition) is 2. The third-order valence-electron chi connectivity index (χ3n) is 3.45. The molecule has 0 radical (unpaired) electrons. The zero-order valence-corrected chi connectivity index (χ0v) is 12.1. The van der Waals surface area contributed by atoms with Gasteiger partial charge in [0.2, 0.25) is 0 Å². The van der Waals surface area contributed by atoms with Gasteiger partial charge in [-0.2, -0.15) is 0 Å². The maximum absolute atomic E-state index is 5.95. The molecule has 2 aromatic rings. The van der Waals surface area contributed by atoms with Gasteiger partial charge in [-0.25, -0.2) is 0 Å². The molecule has 1 saturated carbocycles. The Morgan fingerprint density at radius 2 is 1.89 bits per heavy atom. The van der Waals surface area contributed by atoms with Gasteiger partial charge in [0.05, 0.1) is 0 Å². The molecule has 0 aromatic heterocycles. The van der Waals surface area contributed by atoms with E-state index in [1.165, 1.54) is 11.1 Å². The van der Waals surface area contributed by atoms with Crippen LogP contribution in [0.5, 0.6) is 5.75 Å². The first-order valence-electron chi connectivity index (χ1n) is 6.46. The Morgan fingerprint density at radius 3 is 2.58 bits per heavy atom. The summed E-state index contributed by atoms with van der Waals surface area (Å²) in [7, 11) is 0. The fourth-order valence-electron chi connectivity index (χ4n) is 2.25. The van der Waals surface area contributed by atoms with Gasteiger partial charge in [0, 0.05) is 16.4 Å². The summed E-state index contributed by atoms with van der Waals surface area (Å²) in [4.78, 5) is 0. The van der Waals surface area contributed by atoms with Crippen molar-refractivity contribution >= 4 is 15.9 Å². The summed E-state index contributed by atoms with van der Waals surface area (Å²) in [5.41, 5.74) is 8.35. The maximum atomic E-state index is 5.95. The fourth-order valence-corrected chi connectivity index (χ4v) is 2.63. The van der Waals surface area contributed by atoms with E-state index in [9.17, 15) is 0 Å². The quantitative estimate of drug-likeness (QED) is 0.929. The first-order valence-corrected chi connectivity index (χ1v) is 7.25. The van der Waals surface area contributed by atoms with Gasteiger partial charge in [0.25, 0.3) is 0 Å². The van der Waals surface area contributed by atoms with Gasteiger partial charge in [-0.15, -0.1) is 0 Å². The normalized spacial score (nSPS) is 21.2. The molecule has 2 nitrogen and oxygen atoms in total. The van der Waals surface area contributed by atoms with Crippen LogP contribution < -0.4 is 10.5 Å². The second-order valence-electron chi connectivity index (χ2n) is 4.96. The number of nitrogens with two attached hydrogens (primary N) is 1. The zero-order valence-electron chi connectivity index (χ0n) is 10.6. The van der Waals surface area contributed by atoms with Crippen molar-refractivity contribution in [3.05, 3.63) is 64.1 Å². The lowest BCUT2D eigenvalue weighted by Crippen LogP contribution is -2.03. The van der Waals surface area contributed by atoms with Crippen molar-refractivity contribution in [2.24, 2.45) is 5.73 Å². The SMILES string of the molecule is NC1CC1c1cc(Br)ccc1OCc1ccccc1. The van der Waals surface area contributed by atoms with E-state index in [0.717, 1.165) is 16.6 Å². The molecule has 0 saturated heterocycles. The highest BCUT2D eigenvalue weighted by Gasteiger charge is 2.37. The van der Waals surface area contributed by atoms with Crippen LogP contribution in [0.1, 0.15) is 23.5 Å². The minimum Gasteiger partial charge on any atom is -0.489 e. The van der Waals surface area contributed by atoms with Crippen LogP contribution in [0.15, 0.2) is 53.0 Å². The lowest BCUT2D eigenvalue weighted by atomic mass is 10.1. The smallest absolute Gasteiger partial charge is 0.123 e. The molecule has 2 atom stereocenters. The predicted octanol–water partition coefficient (Wildman–Crippen LogP) is 3.84. The molecule has 2 N–H and O–H groups in total. The van der Waals surface area contributed by atoms with Crippen molar-refractivity contribution < 1.29 is 4.74 Å². The van der Waals surface area contributed by atoms with Gasteiger partial charge in [-0.3, -0.25) is 0 Å². The van der Waals surface area contributed by atoms with Gasteiger partial charge in [-0.05, 0) is 35.7 Å². The van der Waals surface area contributed by atoms with Crippen LogP contribution in [0.2, 0.25) is 0 Å². The highest BCUT2D eigenvalue weighted by atomic mass is 79.9. The van der Waals surface area contributed by atoms with Gasteiger partial charge >= 0.3 is 0 Å². The molecule has 0 amide bonds. The third kappa shape index (κ3) is 2.99. The highest BCUT2D eigenvalue weighted by molar-refractivity contribution is 9.10. The van der Waals surface area contributed by atoms with Crippen LogP contribution in [-0.4, -0.2) is 6.04 Å². The summed E-state index contributed by atoms with van der Waals surface area (Å²) in [6, 6.07) is 16.6. The lowest BCUT2D eigenvalue weighted by Gasteiger charge is -2.12. The monoisotopic (exact) mass is 317 g/mol. The van der Waals surface area contributed by atoms with E-state index in [1.54, 1.807) is 0 Å². The van der Waals surface area contributed by atoms with Crippen LogP contribution in [-0.2, 0) is 6.61 Å². The Labute approximate surface area is 121 Å². The standard InChI is InChI=1S/C16H16BrNO/c17-12-6-7-16(14(8-12)13-9-15(13)18)19-10-11-4-2-1-3-5-11/h1-8,13,15H,9-10,18H2. The van der Waals surface area contributed by atoms with Crippen molar-refractivity contribution in [3.63, 3.8) is 0 Å². The van der Waals surface area contributed by atoms with Crippen LogP contribution in [0.3, 0.4) is 0 Å². The minimum atomic E-state index is 0.286. The molecule has 2 aromatic carbocycles. The minimum absolute atomic E-state index is 0.286. The first kappa shape index (κ1) is 12.7. The Bertz CT molecular complexity index is 570. The molecular formula is C16H16BrNO. The number of rotatable bonds is 4. The van der Waals surface area contributed by atoms with E-state index in [-0.39, 0.29) is 6.04 Å². The molecule has 0 bridgehead atoms. The summed E-state index contributed by atoms with van der Waals surface area (Å²) in [5, 5.41) is 0. The molecule has 19 heavy (non-hydrogen) atoms. The van der Waals surface area contributed by atoms with E-state index in [4.69, 9.17) is 10.5 Å². The van der Waals surface area contributed by atoms with Crippen molar-refractivity contribution in [1.29, 1.82) is 0 Å². The number of halogens is 1. The van der Waals surface area contributed by atoms with Crippen molar-refractivity contribution in [3.8, 4) is 5.75 Å². The molecule has 3 rings (SSSR count). The highest BCUT2D eigenvalue weighted by Crippen LogP contribution is 2.44. The van der Waals surface area contributed by atoms with Crippen LogP contribution in [0.4, 0.5) is 0 Å². The average molecular weight is 318 g/mol. The molecule has 3 heteroatoms. The Balaban J connectivity index is 1.77. The molecule has 98 valence electrons. The molecule has 1 fully saturated rings. The summed E-state index contributed by atoms with van der Waals surface area (Å²) < 4.78 is 7.03. The van der Waals surface area contributed by atoms with E-state index < -0.39 is 0 Å². The molecule has 0 spiro atoms. The zero-order chi connectivity index (χ0) is 13.2. The average Bonchev–Trinajstić information content (AvgIpc) is 3.15. The maximum Gasteiger partial charge on any atom is 0.123 e. The van der Waals surface area contributed by atoms with Gasteiger partial charge in [0.15, 0.2) is 0 Å². The van der Waals surface area contributed by atoms with E-state index >= 15 is 0 Å². The van der Waals surface area contributed by atoms with Crippen molar-refractivity contribution in [2.45, 2.75) is 25.0 Å². The molecule has 0 heterocycles. The van der Waals surface area contributed by atoms with Gasteiger partial charge in [0.1, 0.15) is 12.4 Å². The summed E-state index contributed by atoms with van der Waals surface area (Å²) in [5.74, 6) is 1.40. The van der Waals surface area contributed by atoms with Crippen molar-refractivity contribution in [1.82, 2.24) is 0 Å². The summed E-state index contributed by atoms with van der Waals surface area (Å²) in [6.45, 7) is 0.595. The van der Waals surface area contributed by atoms with E-state index in [0.29, 0.717) is 12.5 Å². The lowest BCUT2D eigenvalue weighted by molar-refractivity contribution is 0.303. The fraction of sp³-hybridized carbons (Fsp3) is 0.250. The number of benzene rings is 2. The molecule has 0 aliphatic heterocycles. The number of ether oxygens (including phenoxy) is 1. The van der Waals surface area contributed by atoms with E-state index in [2.05, 4.69) is 34.1 Å². The van der Waals surface area contributed by atoms with Crippen LogP contribution >= 0.6 is 15.9 Å². The van der Waals surface area contributed by atoms with Crippen LogP contribution in [0.25, 0.3) is 0 Å². The topological polar surface area (TPSA) is 35.2 Å². The molecular weight excluding hydrogens is 302 g/mol. The molecule has 2 unspecified atom stereocenters. The second-order valence-corrected chi connectivity index (χ2v) is 5.88. The third-order valence-corrected chi connectivity index (χ3v) is 3.94. The molecule has 1 aliphatic rings. The first-order chi connectivity index (χ1) is 9.24. The Kier molecular flexibility index (Phi) is 3.58. The van der Waals surface area contributed by atoms with Gasteiger partial charge < -0.3 is 10.5 Å². The van der Waals surface area contributed by atoms with Gasteiger partial charge in [-0.1, -0.05) is 46.3 Å². The number of hydrogen-bond donors (Lipinski definition) is 1. The predicted molar refractivity (Wildman–Crippen MR) is 80.2 cm³/mol. The Morgan fingerprint density at radius 1 is 1.16 bits per heavy atom. The Hall–Kier alpha value is -1.32. The van der Waals surface area contributed by atoms with Crippen LogP contribution in [0, 0.1) is 0 Å². The van der Waals surface area contributed by atoms with Crippen molar-refractivity contribution in [2.75, 3.05) is 0 Å². The summed E-state index contributed by atoms with van der Waals surface area (Å²) >= 11 is 3.51. The second kappa shape index (κ2) is 5.35. The largest absolute Gasteiger partial charge is 0.489 e. The molecule has 1 aliphatic carbocycles.